The number of carbonyl (C=O) groups excluding carboxylic acids is 1. The van der Waals surface area contributed by atoms with Crippen LogP contribution in [0.25, 0.3) is 11.1 Å². The number of nitrogens with zero attached hydrogens (tertiary/aromatic N) is 1. The number of hydrazone groups is 1. The molecule has 0 aliphatic heterocycles. The quantitative estimate of drug-likeness (QED) is 0.237. The van der Waals surface area contributed by atoms with E-state index in [1.165, 1.54) is 0 Å². The van der Waals surface area contributed by atoms with Gasteiger partial charge in [-0.3, -0.25) is 4.79 Å². The molecular formula is C28H23ClN2O3. The van der Waals surface area contributed by atoms with Gasteiger partial charge in [-0.2, -0.15) is 5.10 Å². The largest absolute Gasteiger partial charge is 0.489 e. The molecule has 0 bridgehead atoms. The van der Waals surface area contributed by atoms with E-state index < -0.39 is 0 Å². The Labute approximate surface area is 203 Å². The molecule has 0 atom stereocenters. The lowest BCUT2D eigenvalue weighted by molar-refractivity contribution is -0.123. The molecule has 0 aliphatic carbocycles. The van der Waals surface area contributed by atoms with Crippen LogP contribution in [0.3, 0.4) is 0 Å². The van der Waals surface area contributed by atoms with E-state index >= 15 is 0 Å². The Morgan fingerprint density at radius 2 is 1.38 bits per heavy atom. The van der Waals surface area contributed by atoms with Gasteiger partial charge in [-0.05, 0) is 70.8 Å². The molecule has 0 saturated heterocycles. The Hall–Kier alpha value is -4.09. The molecular weight excluding hydrogens is 448 g/mol. The third-order valence-corrected chi connectivity index (χ3v) is 5.19. The second kappa shape index (κ2) is 11.7. The fourth-order valence-electron chi connectivity index (χ4n) is 3.13. The molecule has 0 aromatic heterocycles. The van der Waals surface area contributed by atoms with E-state index in [9.17, 15) is 4.79 Å². The van der Waals surface area contributed by atoms with Gasteiger partial charge in [0.05, 0.1) is 6.21 Å². The van der Waals surface area contributed by atoms with E-state index in [1.54, 1.807) is 6.21 Å². The molecule has 6 heteroatoms. The average molecular weight is 471 g/mol. The molecule has 4 aromatic carbocycles. The molecule has 4 aromatic rings. The van der Waals surface area contributed by atoms with Crippen LogP contribution in [0.5, 0.6) is 11.5 Å². The van der Waals surface area contributed by atoms with Crippen LogP contribution in [0.2, 0.25) is 5.02 Å². The van der Waals surface area contributed by atoms with Gasteiger partial charge in [-0.1, -0.05) is 66.2 Å². The summed E-state index contributed by atoms with van der Waals surface area (Å²) in [6, 6.07) is 32.6. The van der Waals surface area contributed by atoms with Crippen molar-refractivity contribution in [1.29, 1.82) is 0 Å². The molecule has 170 valence electrons. The molecule has 1 N–H and O–H groups in total. The first-order valence-corrected chi connectivity index (χ1v) is 11.1. The summed E-state index contributed by atoms with van der Waals surface area (Å²) < 4.78 is 11.3. The summed E-state index contributed by atoms with van der Waals surface area (Å²) in [6.45, 7) is 0.329. The van der Waals surface area contributed by atoms with Gasteiger partial charge in [0.2, 0.25) is 0 Å². The molecule has 5 nitrogen and oxygen atoms in total. The number of rotatable bonds is 9. The molecule has 0 heterocycles. The molecule has 0 unspecified atom stereocenters. The van der Waals surface area contributed by atoms with Gasteiger partial charge >= 0.3 is 0 Å². The Bertz CT molecular complexity index is 1220. The van der Waals surface area contributed by atoms with Crippen LogP contribution in [0.1, 0.15) is 11.1 Å². The van der Waals surface area contributed by atoms with Crippen molar-refractivity contribution in [2.24, 2.45) is 5.10 Å². The topological polar surface area (TPSA) is 59.9 Å². The highest BCUT2D eigenvalue weighted by molar-refractivity contribution is 6.30. The summed E-state index contributed by atoms with van der Waals surface area (Å²) in [7, 11) is 0. The van der Waals surface area contributed by atoms with Gasteiger partial charge in [0, 0.05) is 5.02 Å². The van der Waals surface area contributed by atoms with Crippen LogP contribution in [0.4, 0.5) is 0 Å². The first kappa shape index (κ1) is 23.1. The predicted molar refractivity (Wildman–Crippen MR) is 135 cm³/mol. The Balaban J connectivity index is 1.19. The average Bonchev–Trinajstić information content (AvgIpc) is 2.89. The summed E-state index contributed by atoms with van der Waals surface area (Å²) in [6.07, 6.45) is 1.57. The molecule has 0 fully saturated rings. The van der Waals surface area contributed by atoms with Crippen molar-refractivity contribution in [3.05, 3.63) is 119 Å². The molecule has 0 aliphatic rings. The summed E-state index contributed by atoms with van der Waals surface area (Å²) in [5, 5.41) is 4.68. The van der Waals surface area contributed by atoms with Crippen molar-refractivity contribution in [2.75, 3.05) is 6.61 Å². The van der Waals surface area contributed by atoms with Gasteiger partial charge in [0.15, 0.2) is 6.61 Å². The monoisotopic (exact) mass is 470 g/mol. The molecule has 34 heavy (non-hydrogen) atoms. The number of carbonyl (C=O) groups is 1. The van der Waals surface area contributed by atoms with Crippen molar-refractivity contribution < 1.29 is 14.3 Å². The van der Waals surface area contributed by atoms with E-state index in [-0.39, 0.29) is 12.5 Å². The first-order valence-electron chi connectivity index (χ1n) is 10.7. The summed E-state index contributed by atoms with van der Waals surface area (Å²) >= 11 is 5.89. The van der Waals surface area contributed by atoms with Gasteiger partial charge < -0.3 is 9.47 Å². The minimum Gasteiger partial charge on any atom is -0.489 e. The minimum atomic E-state index is -0.341. The lowest BCUT2D eigenvalue weighted by atomic mass is 10.1. The predicted octanol–water partition coefficient (Wildman–Crippen LogP) is 6.12. The van der Waals surface area contributed by atoms with E-state index in [2.05, 4.69) is 10.5 Å². The van der Waals surface area contributed by atoms with Crippen LogP contribution >= 0.6 is 11.6 Å². The van der Waals surface area contributed by atoms with Crippen molar-refractivity contribution in [2.45, 2.75) is 6.61 Å². The van der Waals surface area contributed by atoms with Gasteiger partial charge in [0.25, 0.3) is 5.91 Å². The van der Waals surface area contributed by atoms with E-state index in [0.29, 0.717) is 17.4 Å². The Morgan fingerprint density at radius 3 is 2.09 bits per heavy atom. The maximum atomic E-state index is 12.0. The number of benzene rings is 4. The SMILES string of the molecule is O=C(COc1ccc(-c2ccccc2)cc1)NN=Cc1ccc(OCc2ccc(Cl)cc2)cc1. The van der Waals surface area contributed by atoms with Crippen molar-refractivity contribution in [3.63, 3.8) is 0 Å². The van der Waals surface area contributed by atoms with Crippen LogP contribution in [-0.2, 0) is 11.4 Å². The Kier molecular flexibility index (Phi) is 7.93. The maximum Gasteiger partial charge on any atom is 0.277 e. The fourth-order valence-corrected chi connectivity index (χ4v) is 3.26. The number of ether oxygens (including phenoxy) is 2. The second-order valence-corrected chi connectivity index (χ2v) is 7.89. The standard InChI is InChI=1S/C28H23ClN2O3/c29-25-12-6-22(7-13-25)19-33-26-14-8-21(9-15-26)18-30-31-28(32)20-34-27-16-10-24(11-17-27)23-4-2-1-3-5-23/h1-18H,19-20H2,(H,31,32). The molecule has 1 amide bonds. The Morgan fingerprint density at radius 1 is 0.765 bits per heavy atom. The van der Waals surface area contributed by atoms with E-state index in [4.69, 9.17) is 21.1 Å². The number of hydrogen-bond acceptors (Lipinski definition) is 4. The fraction of sp³-hybridized carbons (Fsp3) is 0.0714. The number of amides is 1. The summed E-state index contributed by atoms with van der Waals surface area (Å²) in [5.74, 6) is 1.02. The third-order valence-electron chi connectivity index (χ3n) is 4.93. The second-order valence-electron chi connectivity index (χ2n) is 7.46. The zero-order valence-electron chi connectivity index (χ0n) is 18.4. The maximum absolute atomic E-state index is 12.0. The minimum absolute atomic E-state index is 0.125. The van der Waals surface area contributed by atoms with Gasteiger partial charge in [-0.15, -0.1) is 0 Å². The van der Waals surface area contributed by atoms with Crippen LogP contribution in [0, 0.1) is 0 Å². The lowest BCUT2D eigenvalue weighted by Crippen LogP contribution is -2.24. The molecule has 0 radical (unpaired) electrons. The highest BCUT2D eigenvalue weighted by atomic mass is 35.5. The highest BCUT2D eigenvalue weighted by Crippen LogP contribution is 2.22. The van der Waals surface area contributed by atoms with E-state index in [0.717, 1.165) is 28.0 Å². The van der Waals surface area contributed by atoms with Crippen molar-refractivity contribution in [1.82, 2.24) is 5.43 Å². The third kappa shape index (κ3) is 6.95. The number of nitrogens with one attached hydrogen (secondary N) is 1. The van der Waals surface area contributed by atoms with Crippen LogP contribution < -0.4 is 14.9 Å². The zero-order chi connectivity index (χ0) is 23.6. The summed E-state index contributed by atoms with van der Waals surface area (Å²) in [5.41, 5.74) is 6.55. The number of halogens is 1. The normalized spacial score (nSPS) is 10.7. The van der Waals surface area contributed by atoms with Crippen LogP contribution in [0.15, 0.2) is 108 Å². The molecule has 0 spiro atoms. The van der Waals surface area contributed by atoms with Gasteiger partial charge in [0.1, 0.15) is 18.1 Å². The lowest BCUT2D eigenvalue weighted by Gasteiger charge is -2.07. The molecule has 4 rings (SSSR count). The highest BCUT2D eigenvalue weighted by Gasteiger charge is 2.03. The number of hydrogen-bond donors (Lipinski definition) is 1. The smallest absolute Gasteiger partial charge is 0.277 e. The van der Waals surface area contributed by atoms with Crippen molar-refractivity contribution >= 4 is 23.7 Å². The van der Waals surface area contributed by atoms with Gasteiger partial charge in [-0.25, -0.2) is 5.43 Å². The first-order chi connectivity index (χ1) is 16.7. The zero-order valence-corrected chi connectivity index (χ0v) is 19.1. The van der Waals surface area contributed by atoms with Crippen molar-refractivity contribution in [3.8, 4) is 22.6 Å². The van der Waals surface area contributed by atoms with E-state index in [1.807, 2.05) is 103 Å². The summed E-state index contributed by atoms with van der Waals surface area (Å²) in [4.78, 5) is 12.0. The van der Waals surface area contributed by atoms with Crippen LogP contribution in [-0.4, -0.2) is 18.7 Å². The molecule has 0 saturated carbocycles.